The number of hydrogen-bond donors (Lipinski definition) is 0. The van der Waals surface area contributed by atoms with Crippen molar-refractivity contribution in [1.29, 1.82) is 0 Å². The van der Waals surface area contributed by atoms with Crippen LogP contribution in [0.2, 0.25) is 0 Å². The molecule has 0 N–H and O–H groups in total. The molecule has 4 aromatic rings. The first-order valence-corrected chi connectivity index (χ1v) is 14.6. The van der Waals surface area contributed by atoms with Crippen molar-refractivity contribution in [3.63, 3.8) is 0 Å². The molecule has 3 aromatic heterocycles. The van der Waals surface area contributed by atoms with Gasteiger partial charge >= 0.3 is 6.18 Å². The van der Waals surface area contributed by atoms with Gasteiger partial charge < -0.3 is 9.80 Å². The summed E-state index contributed by atoms with van der Waals surface area (Å²) in [5.74, 6) is 0.363. The zero-order chi connectivity index (χ0) is 27.8. The number of piperazine rings is 1. The van der Waals surface area contributed by atoms with Crippen LogP contribution < -0.4 is 4.90 Å². The lowest BCUT2D eigenvalue weighted by atomic mass is 10.1. The minimum absolute atomic E-state index is 0.0544. The zero-order valence-corrected chi connectivity index (χ0v) is 22.6. The Balaban J connectivity index is 1.18. The smallest absolute Gasteiger partial charge is 0.352 e. The van der Waals surface area contributed by atoms with E-state index in [1.165, 1.54) is 29.5 Å². The summed E-state index contributed by atoms with van der Waals surface area (Å²) < 4.78 is 65.1. The van der Waals surface area contributed by atoms with Crippen molar-refractivity contribution in [2.45, 2.75) is 29.7 Å². The Hall–Kier alpha value is -3.52. The number of amides is 1. The number of nitrogens with zero attached hydrogens (tertiary/aromatic N) is 6. The molecule has 0 saturated carbocycles. The summed E-state index contributed by atoms with van der Waals surface area (Å²) in [7, 11) is -1.86. The van der Waals surface area contributed by atoms with Gasteiger partial charge in [0.05, 0.1) is 30.2 Å². The summed E-state index contributed by atoms with van der Waals surface area (Å²) in [5.41, 5.74) is 1.39. The van der Waals surface area contributed by atoms with E-state index in [1.54, 1.807) is 36.2 Å². The first kappa shape index (κ1) is 27.1. The molecule has 1 fully saturated rings. The molecule has 14 heteroatoms. The van der Waals surface area contributed by atoms with Gasteiger partial charge in [0.25, 0.3) is 0 Å². The number of fused-ring (bicyclic) bond motifs is 1. The Labute approximate surface area is 226 Å². The average molecular weight is 579 g/mol. The number of thiophene rings is 1. The van der Waals surface area contributed by atoms with Gasteiger partial charge in [0.1, 0.15) is 21.9 Å². The van der Waals surface area contributed by atoms with Crippen LogP contribution in [-0.4, -0.2) is 71.3 Å². The quantitative estimate of drug-likeness (QED) is 0.331. The van der Waals surface area contributed by atoms with Crippen LogP contribution in [0.15, 0.2) is 53.9 Å². The fourth-order valence-corrected chi connectivity index (χ4v) is 6.84. The summed E-state index contributed by atoms with van der Waals surface area (Å²) in [5, 5.41) is 4.50. The Morgan fingerprint density at radius 2 is 1.74 bits per heavy atom. The third-order valence-corrected chi connectivity index (χ3v) is 9.13. The van der Waals surface area contributed by atoms with Crippen molar-refractivity contribution in [1.82, 2.24) is 24.6 Å². The largest absolute Gasteiger partial charge is 0.393 e. The number of hydrogen-bond acceptors (Lipinski definition) is 8. The molecule has 0 spiro atoms. The maximum Gasteiger partial charge on any atom is 0.393 e. The second kappa shape index (κ2) is 10.6. The van der Waals surface area contributed by atoms with Gasteiger partial charge in [0.2, 0.25) is 5.91 Å². The molecule has 206 valence electrons. The normalized spacial score (nSPS) is 14.8. The summed E-state index contributed by atoms with van der Waals surface area (Å²) >= 11 is 1.01. The Morgan fingerprint density at radius 1 is 1.05 bits per heavy atom. The van der Waals surface area contributed by atoms with Crippen molar-refractivity contribution in [3.05, 3.63) is 65.1 Å². The highest BCUT2D eigenvalue weighted by Crippen LogP contribution is 2.34. The van der Waals surface area contributed by atoms with E-state index in [9.17, 15) is 26.4 Å². The molecule has 39 heavy (non-hydrogen) atoms. The molecule has 0 atom stereocenters. The number of halogens is 3. The van der Waals surface area contributed by atoms with E-state index in [1.807, 2.05) is 4.90 Å². The van der Waals surface area contributed by atoms with E-state index in [4.69, 9.17) is 0 Å². The summed E-state index contributed by atoms with van der Waals surface area (Å²) in [4.78, 5) is 26.0. The minimum Gasteiger partial charge on any atom is -0.352 e. The third kappa shape index (κ3) is 6.38. The van der Waals surface area contributed by atoms with Gasteiger partial charge in [-0.15, -0.1) is 11.3 Å². The van der Waals surface area contributed by atoms with Crippen LogP contribution in [0.4, 0.5) is 19.0 Å². The fourth-order valence-electron chi connectivity index (χ4n) is 4.50. The average Bonchev–Trinajstić information content (AvgIpc) is 3.50. The lowest BCUT2D eigenvalue weighted by Gasteiger charge is -2.35. The Bertz CT molecular complexity index is 1590. The Kier molecular flexibility index (Phi) is 7.33. The van der Waals surface area contributed by atoms with E-state index in [0.717, 1.165) is 16.9 Å². The highest BCUT2D eigenvalue weighted by atomic mass is 32.2. The number of alkyl halides is 3. The number of carbonyl (C=O) groups excluding carboxylic acids is 1. The molecule has 1 aliphatic heterocycles. The molecule has 1 aromatic carbocycles. The summed E-state index contributed by atoms with van der Waals surface area (Å²) in [6.45, 7) is 1.89. The predicted octanol–water partition coefficient (Wildman–Crippen LogP) is 3.39. The monoisotopic (exact) mass is 578 g/mol. The third-order valence-electron chi connectivity index (χ3n) is 6.44. The van der Waals surface area contributed by atoms with Crippen molar-refractivity contribution in [2.75, 3.05) is 31.1 Å². The van der Waals surface area contributed by atoms with Crippen molar-refractivity contribution in [3.8, 4) is 0 Å². The van der Waals surface area contributed by atoms with Crippen LogP contribution in [0.3, 0.4) is 0 Å². The van der Waals surface area contributed by atoms with Gasteiger partial charge in [-0.05, 0) is 17.2 Å². The highest BCUT2D eigenvalue weighted by molar-refractivity contribution is 7.90. The number of benzene rings is 1. The number of sulfone groups is 1. The number of aromatic nitrogens is 4. The predicted molar refractivity (Wildman–Crippen MR) is 140 cm³/mol. The van der Waals surface area contributed by atoms with Crippen LogP contribution in [0, 0.1) is 0 Å². The van der Waals surface area contributed by atoms with Crippen LogP contribution >= 0.6 is 11.3 Å². The van der Waals surface area contributed by atoms with Crippen LogP contribution in [0.25, 0.3) is 10.2 Å². The molecular weight excluding hydrogens is 553 g/mol. The number of aryl methyl sites for hydroxylation is 1. The van der Waals surface area contributed by atoms with Crippen LogP contribution in [0.1, 0.15) is 16.0 Å². The highest BCUT2D eigenvalue weighted by Gasteiger charge is 2.30. The van der Waals surface area contributed by atoms with Crippen LogP contribution in [-0.2, 0) is 40.3 Å². The van der Waals surface area contributed by atoms with Gasteiger partial charge in [-0.1, -0.05) is 24.3 Å². The van der Waals surface area contributed by atoms with Crippen molar-refractivity contribution < 1.29 is 26.4 Å². The zero-order valence-electron chi connectivity index (χ0n) is 20.9. The first-order valence-electron chi connectivity index (χ1n) is 12.1. The van der Waals surface area contributed by atoms with Gasteiger partial charge in [-0.25, -0.2) is 18.4 Å². The number of rotatable bonds is 7. The molecule has 9 nitrogen and oxygen atoms in total. The summed E-state index contributed by atoms with van der Waals surface area (Å²) in [6, 6.07) is 8.45. The molecule has 5 rings (SSSR count). The second-order valence-electron chi connectivity index (χ2n) is 9.39. The lowest BCUT2D eigenvalue weighted by molar-refractivity contribution is -0.130. The maximum absolute atomic E-state index is 12.9. The molecular formula is C25H25F3N6O3S2. The van der Waals surface area contributed by atoms with E-state index in [-0.39, 0.29) is 27.9 Å². The topological polar surface area (TPSA) is 101 Å². The molecule has 0 unspecified atom stereocenters. The Morgan fingerprint density at radius 3 is 2.38 bits per heavy atom. The molecule has 4 heterocycles. The number of carbonyl (C=O) groups is 1. The van der Waals surface area contributed by atoms with Crippen molar-refractivity contribution >= 4 is 43.1 Å². The number of anilines is 1. The van der Waals surface area contributed by atoms with E-state index in [2.05, 4.69) is 15.1 Å². The first-order chi connectivity index (χ1) is 18.5. The van der Waals surface area contributed by atoms with Gasteiger partial charge in [0.15, 0.2) is 9.84 Å². The molecule has 1 aliphatic rings. The minimum atomic E-state index is -4.29. The fraction of sp³-hybridized carbons (Fsp3) is 0.360. The maximum atomic E-state index is 12.9. The molecule has 1 saturated heterocycles. The van der Waals surface area contributed by atoms with E-state index >= 15 is 0 Å². The van der Waals surface area contributed by atoms with E-state index < -0.39 is 22.4 Å². The van der Waals surface area contributed by atoms with Gasteiger partial charge in [-0.3, -0.25) is 9.48 Å². The van der Waals surface area contributed by atoms with Gasteiger partial charge in [-0.2, -0.15) is 18.3 Å². The van der Waals surface area contributed by atoms with Crippen LogP contribution in [0.5, 0.6) is 0 Å². The standard InChI is InChI=1S/C25H25F3N6O3S2/c1-32-14-20(13-31-32)39(36,37)15-18-4-2-17(3-5-18)10-22(35)33-6-8-34(9-7-33)23-21-11-19(12-25(26,27)28)38-24(21)30-16-29-23/h2-5,11,13-14,16H,6-10,12,15H2,1H3. The molecule has 1 amide bonds. The van der Waals surface area contributed by atoms with Crippen molar-refractivity contribution in [2.24, 2.45) is 7.05 Å². The SMILES string of the molecule is Cn1cc(S(=O)(=O)Cc2ccc(CC(=O)N3CCN(c4ncnc5sc(CC(F)(F)F)cc45)CC3)cc2)cn1. The van der Waals surface area contributed by atoms with Gasteiger partial charge in [0, 0.05) is 44.3 Å². The van der Waals surface area contributed by atoms with E-state index in [0.29, 0.717) is 47.8 Å². The molecule has 0 radical (unpaired) electrons. The summed E-state index contributed by atoms with van der Waals surface area (Å²) in [6.07, 6.45) is -0.981. The molecule has 0 bridgehead atoms. The second-order valence-corrected chi connectivity index (χ2v) is 12.5. The lowest BCUT2D eigenvalue weighted by Crippen LogP contribution is -2.49. The molecule has 0 aliphatic carbocycles.